The molecular formula is C26H28ClNO3. The second-order valence-corrected chi connectivity index (χ2v) is 7.56. The lowest BCUT2D eigenvalue weighted by Gasteiger charge is -2.18. The number of halogens is 1. The van der Waals surface area contributed by atoms with Crippen molar-refractivity contribution in [2.75, 3.05) is 26.2 Å². The van der Waals surface area contributed by atoms with Crippen molar-refractivity contribution in [3.63, 3.8) is 0 Å². The predicted octanol–water partition coefficient (Wildman–Crippen LogP) is 5.97. The Morgan fingerprint density at radius 3 is 1.68 bits per heavy atom. The average molecular weight is 438 g/mol. The first-order valence-corrected chi connectivity index (χ1v) is 10.8. The molecule has 0 aromatic heterocycles. The number of benzene rings is 3. The quantitative estimate of drug-likeness (QED) is 0.405. The summed E-state index contributed by atoms with van der Waals surface area (Å²) in [5.74, 6) is 1.19. The van der Waals surface area contributed by atoms with Gasteiger partial charge in [0.2, 0.25) is 0 Å². The summed E-state index contributed by atoms with van der Waals surface area (Å²) in [6.45, 7) is 7.83. The van der Waals surface area contributed by atoms with E-state index in [4.69, 9.17) is 16.3 Å². The number of phenols is 2. The fourth-order valence-corrected chi connectivity index (χ4v) is 3.69. The molecule has 0 unspecified atom stereocenters. The summed E-state index contributed by atoms with van der Waals surface area (Å²) in [7, 11) is 0. The third-order valence-corrected chi connectivity index (χ3v) is 5.62. The highest BCUT2D eigenvalue weighted by Gasteiger charge is 2.13. The van der Waals surface area contributed by atoms with E-state index in [1.165, 1.54) is 0 Å². The standard InChI is InChI=1S/C26H28ClNO3/c1-3-28(4-2)17-18-31-24-15-9-20(10-16-24)25(19-5-11-22(29)12-6-19)26(27)21-7-13-23(30)14-8-21/h5-16,29-30H,3-4,17-18H2,1-2H3/b26-25+. The van der Waals surface area contributed by atoms with Crippen LogP contribution >= 0.6 is 11.6 Å². The Labute approximate surface area is 189 Å². The number of phenolic OH excluding ortho intramolecular Hbond substituents is 2. The number of aromatic hydroxyl groups is 2. The number of nitrogens with zero attached hydrogens (tertiary/aromatic N) is 1. The summed E-state index contributed by atoms with van der Waals surface area (Å²) >= 11 is 6.82. The summed E-state index contributed by atoms with van der Waals surface area (Å²) in [5.41, 5.74) is 3.44. The smallest absolute Gasteiger partial charge is 0.119 e. The van der Waals surface area contributed by atoms with Crippen molar-refractivity contribution in [2.45, 2.75) is 13.8 Å². The van der Waals surface area contributed by atoms with Gasteiger partial charge in [0.1, 0.15) is 23.9 Å². The van der Waals surface area contributed by atoms with Crippen molar-refractivity contribution >= 4 is 22.2 Å². The monoisotopic (exact) mass is 437 g/mol. The summed E-state index contributed by atoms with van der Waals surface area (Å²) in [4.78, 5) is 2.32. The zero-order chi connectivity index (χ0) is 22.2. The number of ether oxygens (including phenoxy) is 1. The summed E-state index contributed by atoms with van der Waals surface area (Å²) in [6, 6.07) is 21.6. The topological polar surface area (TPSA) is 52.9 Å². The third kappa shape index (κ3) is 6.03. The zero-order valence-electron chi connectivity index (χ0n) is 17.9. The second kappa shape index (κ2) is 10.9. The van der Waals surface area contributed by atoms with Gasteiger partial charge in [-0.2, -0.15) is 0 Å². The summed E-state index contributed by atoms with van der Waals surface area (Å²) in [5, 5.41) is 19.9. The van der Waals surface area contributed by atoms with Gasteiger partial charge in [-0.1, -0.05) is 49.7 Å². The van der Waals surface area contributed by atoms with Crippen LogP contribution in [0.3, 0.4) is 0 Å². The molecule has 0 saturated carbocycles. The molecule has 5 heteroatoms. The van der Waals surface area contributed by atoms with Crippen LogP contribution in [-0.2, 0) is 0 Å². The number of rotatable bonds is 9. The van der Waals surface area contributed by atoms with Crippen molar-refractivity contribution in [1.82, 2.24) is 4.90 Å². The largest absolute Gasteiger partial charge is 0.508 e. The van der Waals surface area contributed by atoms with E-state index in [1.807, 2.05) is 36.4 Å². The molecule has 0 bridgehead atoms. The van der Waals surface area contributed by atoms with E-state index in [-0.39, 0.29) is 11.5 Å². The highest BCUT2D eigenvalue weighted by molar-refractivity contribution is 6.53. The first-order valence-electron chi connectivity index (χ1n) is 10.5. The number of hydrogen-bond acceptors (Lipinski definition) is 4. The molecule has 3 aromatic rings. The Balaban J connectivity index is 1.90. The van der Waals surface area contributed by atoms with Crippen LogP contribution in [0.2, 0.25) is 0 Å². The molecule has 0 atom stereocenters. The van der Waals surface area contributed by atoms with Crippen molar-refractivity contribution in [1.29, 1.82) is 0 Å². The van der Waals surface area contributed by atoms with Gasteiger partial charge in [0.05, 0.1) is 5.03 Å². The van der Waals surface area contributed by atoms with Crippen LogP contribution in [-0.4, -0.2) is 41.4 Å². The van der Waals surface area contributed by atoms with Gasteiger partial charge in [0.15, 0.2) is 0 Å². The van der Waals surface area contributed by atoms with Crippen LogP contribution in [0.5, 0.6) is 17.2 Å². The van der Waals surface area contributed by atoms with Crippen LogP contribution in [0.4, 0.5) is 0 Å². The zero-order valence-corrected chi connectivity index (χ0v) is 18.6. The third-order valence-electron chi connectivity index (χ3n) is 5.21. The van der Waals surface area contributed by atoms with Gasteiger partial charge in [-0.05, 0) is 78.3 Å². The van der Waals surface area contributed by atoms with Gasteiger partial charge in [0, 0.05) is 12.1 Å². The van der Waals surface area contributed by atoms with E-state index in [9.17, 15) is 10.2 Å². The molecule has 0 radical (unpaired) electrons. The Morgan fingerprint density at radius 1 is 0.742 bits per heavy atom. The molecule has 3 rings (SSSR count). The first-order chi connectivity index (χ1) is 15.0. The highest BCUT2D eigenvalue weighted by Crippen LogP contribution is 2.36. The minimum atomic E-state index is 0.186. The molecule has 31 heavy (non-hydrogen) atoms. The Morgan fingerprint density at radius 2 is 1.19 bits per heavy atom. The van der Waals surface area contributed by atoms with Crippen LogP contribution in [0.25, 0.3) is 10.6 Å². The molecule has 2 N–H and O–H groups in total. The fourth-order valence-electron chi connectivity index (χ4n) is 3.35. The molecule has 0 spiro atoms. The van der Waals surface area contributed by atoms with Crippen molar-refractivity contribution < 1.29 is 14.9 Å². The lowest BCUT2D eigenvalue weighted by atomic mass is 9.95. The summed E-state index contributed by atoms with van der Waals surface area (Å²) < 4.78 is 5.90. The number of hydrogen-bond donors (Lipinski definition) is 2. The first kappa shape index (κ1) is 22.7. The van der Waals surface area contributed by atoms with Crippen LogP contribution < -0.4 is 4.74 Å². The molecule has 0 saturated heterocycles. The van der Waals surface area contributed by atoms with E-state index < -0.39 is 0 Å². The maximum atomic E-state index is 9.69. The molecule has 0 amide bonds. The molecule has 162 valence electrons. The molecule has 0 aliphatic heterocycles. The van der Waals surface area contributed by atoms with Crippen LogP contribution in [0.1, 0.15) is 30.5 Å². The van der Waals surface area contributed by atoms with E-state index in [1.54, 1.807) is 36.4 Å². The fraction of sp³-hybridized carbons (Fsp3) is 0.231. The van der Waals surface area contributed by atoms with Crippen molar-refractivity contribution in [3.8, 4) is 17.2 Å². The lowest BCUT2D eigenvalue weighted by molar-refractivity contribution is 0.223. The molecule has 0 aliphatic carbocycles. The maximum Gasteiger partial charge on any atom is 0.119 e. The van der Waals surface area contributed by atoms with Crippen molar-refractivity contribution in [2.24, 2.45) is 0 Å². The molecule has 3 aromatic carbocycles. The molecule has 0 heterocycles. The van der Waals surface area contributed by atoms with Crippen LogP contribution in [0, 0.1) is 0 Å². The van der Waals surface area contributed by atoms with E-state index in [2.05, 4.69) is 18.7 Å². The predicted molar refractivity (Wildman–Crippen MR) is 128 cm³/mol. The minimum absolute atomic E-state index is 0.186. The van der Waals surface area contributed by atoms with Gasteiger partial charge in [0.25, 0.3) is 0 Å². The van der Waals surface area contributed by atoms with Gasteiger partial charge in [-0.25, -0.2) is 0 Å². The normalized spacial score (nSPS) is 12.0. The number of likely N-dealkylation sites (N-methyl/N-ethyl adjacent to an activating group) is 1. The Bertz CT molecular complexity index is 992. The van der Waals surface area contributed by atoms with Gasteiger partial charge >= 0.3 is 0 Å². The van der Waals surface area contributed by atoms with Gasteiger partial charge < -0.3 is 19.8 Å². The lowest BCUT2D eigenvalue weighted by Crippen LogP contribution is -2.27. The van der Waals surface area contributed by atoms with E-state index >= 15 is 0 Å². The minimum Gasteiger partial charge on any atom is -0.508 e. The molecular weight excluding hydrogens is 410 g/mol. The Hall–Kier alpha value is -2.95. The van der Waals surface area contributed by atoms with E-state index in [0.717, 1.165) is 47.6 Å². The molecule has 0 fully saturated rings. The van der Waals surface area contributed by atoms with Gasteiger partial charge in [-0.3, -0.25) is 0 Å². The summed E-state index contributed by atoms with van der Waals surface area (Å²) in [6.07, 6.45) is 0. The Kier molecular flexibility index (Phi) is 7.99. The van der Waals surface area contributed by atoms with Crippen molar-refractivity contribution in [3.05, 3.63) is 89.5 Å². The maximum absolute atomic E-state index is 9.69. The highest BCUT2D eigenvalue weighted by atomic mass is 35.5. The SMILES string of the molecule is CCN(CC)CCOc1ccc(/C(=C(/Cl)c2ccc(O)cc2)c2ccc(O)cc2)cc1. The molecule has 4 nitrogen and oxygen atoms in total. The van der Waals surface area contributed by atoms with E-state index in [0.29, 0.717) is 11.6 Å². The average Bonchev–Trinajstić information content (AvgIpc) is 2.79. The van der Waals surface area contributed by atoms with Gasteiger partial charge in [-0.15, -0.1) is 0 Å². The molecule has 0 aliphatic rings. The second-order valence-electron chi connectivity index (χ2n) is 7.18. The van der Waals surface area contributed by atoms with Crippen LogP contribution in [0.15, 0.2) is 72.8 Å².